The summed E-state index contributed by atoms with van der Waals surface area (Å²) in [7, 11) is 0. The summed E-state index contributed by atoms with van der Waals surface area (Å²) in [4.78, 5) is 15.7. The Morgan fingerprint density at radius 3 is 2.88 bits per heavy atom. The number of halogens is 2. The molecular weight excluding hydrogens is 305 g/mol. The number of nitrogens with one attached hydrogen (secondary N) is 1. The lowest BCUT2D eigenvalue weighted by Gasteiger charge is -2.14. The second-order valence-electron chi connectivity index (χ2n) is 4.22. The lowest BCUT2D eigenvalue weighted by molar-refractivity contribution is -0.117. The van der Waals surface area contributed by atoms with Crippen LogP contribution in [0, 0.1) is 5.92 Å². The van der Waals surface area contributed by atoms with Gasteiger partial charge in [0, 0.05) is 10.7 Å². The fraction of sp³-hybridized carbons (Fsp3) is 0.455. The first-order valence-electron chi connectivity index (χ1n) is 5.27. The van der Waals surface area contributed by atoms with Crippen molar-refractivity contribution in [2.75, 3.05) is 5.32 Å². The molecule has 0 radical (unpaired) electrons. The molecule has 1 amide bonds. The van der Waals surface area contributed by atoms with Gasteiger partial charge in [0.05, 0.1) is 11.7 Å². The van der Waals surface area contributed by atoms with Crippen molar-refractivity contribution in [1.29, 1.82) is 0 Å². The minimum atomic E-state index is -0.537. The zero-order chi connectivity index (χ0) is 13.0. The number of anilines is 1. The molecule has 3 N–H and O–H groups in total. The predicted octanol–water partition coefficient (Wildman–Crippen LogP) is 2.81. The summed E-state index contributed by atoms with van der Waals surface area (Å²) in [6.45, 7) is 4.03. The van der Waals surface area contributed by atoms with Crippen molar-refractivity contribution in [2.45, 2.75) is 26.3 Å². The highest BCUT2D eigenvalue weighted by Gasteiger charge is 2.16. The monoisotopic (exact) mass is 319 g/mol. The Morgan fingerprint density at radius 2 is 2.29 bits per heavy atom. The fourth-order valence-corrected chi connectivity index (χ4v) is 1.83. The number of nitrogens with two attached hydrogens (primary N) is 1. The van der Waals surface area contributed by atoms with Gasteiger partial charge >= 0.3 is 0 Å². The molecule has 94 valence electrons. The first-order valence-corrected chi connectivity index (χ1v) is 6.44. The number of carbonyl (C=O) groups is 1. The molecule has 0 spiro atoms. The number of hydrogen-bond acceptors (Lipinski definition) is 3. The maximum Gasteiger partial charge on any atom is 0.241 e. The van der Waals surface area contributed by atoms with Crippen molar-refractivity contribution in [3.05, 3.63) is 21.9 Å². The Bertz CT molecular complexity index is 412. The van der Waals surface area contributed by atoms with E-state index in [1.54, 1.807) is 12.3 Å². The largest absolute Gasteiger partial charge is 0.322 e. The van der Waals surface area contributed by atoms with E-state index >= 15 is 0 Å². The van der Waals surface area contributed by atoms with Crippen molar-refractivity contribution in [3.8, 4) is 0 Å². The van der Waals surface area contributed by atoms with E-state index in [1.807, 2.05) is 13.8 Å². The molecule has 0 aliphatic heterocycles. The molecule has 1 aromatic rings. The molecule has 0 fully saturated rings. The highest BCUT2D eigenvalue weighted by Crippen LogP contribution is 2.23. The number of rotatable bonds is 4. The van der Waals surface area contributed by atoms with E-state index in [-0.39, 0.29) is 11.1 Å². The molecule has 6 heteroatoms. The number of aromatic nitrogens is 1. The van der Waals surface area contributed by atoms with E-state index in [2.05, 4.69) is 26.2 Å². The van der Waals surface area contributed by atoms with Gasteiger partial charge < -0.3 is 11.1 Å². The maximum absolute atomic E-state index is 11.8. The Hall–Kier alpha value is -0.650. The fourth-order valence-electron chi connectivity index (χ4n) is 1.35. The van der Waals surface area contributed by atoms with Crippen molar-refractivity contribution >= 4 is 39.1 Å². The van der Waals surface area contributed by atoms with Crippen molar-refractivity contribution in [2.24, 2.45) is 11.7 Å². The summed E-state index contributed by atoms with van der Waals surface area (Å²) in [5, 5.41) is 2.92. The number of amides is 1. The molecule has 0 aliphatic rings. The van der Waals surface area contributed by atoms with Gasteiger partial charge in [0.25, 0.3) is 0 Å². The molecular formula is C11H15BrClN3O. The summed E-state index contributed by atoms with van der Waals surface area (Å²) < 4.78 is 0.745. The van der Waals surface area contributed by atoms with Crippen LogP contribution in [0.1, 0.15) is 20.3 Å². The van der Waals surface area contributed by atoms with E-state index in [4.69, 9.17) is 17.3 Å². The average molecular weight is 321 g/mol. The number of nitrogens with zero attached hydrogens (tertiary/aromatic N) is 1. The average Bonchev–Trinajstić information content (AvgIpc) is 2.22. The van der Waals surface area contributed by atoms with Crippen LogP contribution >= 0.6 is 27.5 Å². The van der Waals surface area contributed by atoms with E-state index in [0.717, 1.165) is 4.47 Å². The molecule has 1 aromatic heterocycles. The normalized spacial score (nSPS) is 12.6. The Labute approximate surface area is 114 Å². The third-order valence-electron chi connectivity index (χ3n) is 2.13. The van der Waals surface area contributed by atoms with E-state index in [1.165, 1.54) is 0 Å². The third kappa shape index (κ3) is 4.61. The van der Waals surface area contributed by atoms with Gasteiger partial charge in [-0.1, -0.05) is 25.4 Å². The summed E-state index contributed by atoms with van der Waals surface area (Å²) in [6, 6.07) is 1.15. The van der Waals surface area contributed by atoms with E-state index in [9.17, 15) is 4.79 Å². The number of pyridine rings is 1. The second kappa shape index (κ2) is 6.33. The van der Waals surface area contributed by atoms with Gasteiger partial charge in [-0.25, -0.2) is 4.98 Å². The van der Waals surface area contributed by atoms with Crippen LogP contribution in [0.4, 0.5) is 5.69 Å². The van der Waals surface area contributed by atoms with Crippen LogP contribution in [0.25, 0.3) is 0 Å². The van der Waals surface area contributed by atoms with Crippen LogP contribution in [0.5, 0.6) is 0 Å². The molecule has 17 heavy (non-hydrogen) atoms. The highest BCUT2D eigenvalue weighted by molar-refractivity contribution is 9.10. The van der Waals surface area contributed by atoms with Gasteiger partial charge in [-0.15, -0.1) is 0 Å². The van der Waals surface area contributed by atoms with Crippen LogP contribution in [0.15, 0.2) is 16.7 Å². The van der Waals surface area contributed by atoms with Crippen LogP contribution < -0.4 is 11.1 Å². The minimum absolute atomic E-state index is 0.248. The molecule has 0 saturated heterocycles. The molecule has 1 atom stereocenters. The summed E-state index contributed by atoms with van der Waals surface area (Å²) in [5.74, 6) is 0.118. The summed E-state index contributed by atoms with van der Waals surface area (Å²) in [6.07, 6.45) is 2.19. The van der Waals surface area contributed by atoms with E-state index in [0.29, 0.717) is 18.0 Å². The van der Waals surface area contributed by atoms with Gasteiger partial charge in [-0.3, -0.25) is 4.79 Å². The molecule has 0 unspecified atom stereocenters. The topological polar surface area (TPSA) is 68.0 Å². The molecule has 0 aromatic carbocycles. The lowest BCUT2D eigenvalue weighted by atomic mass is 10.0. The molecule has 1 rings (SSSR count). The zero-order valence-electron chi connectivity index (χ0n) is 9.71. The van der Waals surface area contributed by atoms with E-state index < -0.39 is 6.04 Å². The Balaban J connectivity index is 2.70. The first kappa shape index (κ1) is 14.4. The third-order valence-corrected chi connectivity index (χ3v) is 2.86. The Kier molecular flexibility index (Phi) is 5.36. The van der Waals surface area contributed by atoms with Crippen molar-refractivity contribution < 1.29 is 4.79 Å². The summed E-state index contributed by atoms with van der Waals surface area (Å²) >= 11 is 9.12. The Morgan fingerprint density at radius 1 is 1.65 bits per heavy atom. The van der Waals surface area contributed by atoms with Crippen LogP contribution in [0.3, 0.4) is 0 Å². The van der Waals surface area contributed by atoms with Gasteiger partial charge in [0.2, 0.25) is 5.91 Å². The molecule has 0 saturated carbocycles. The number of carbonyl (C=O) groups excluding carboxylic acids is 1. The van der Waals surface area contributed by atoms with Crippen molar-refractivity contribution in [3.63, 3.8) is 0 Å². The standard InChI is InChI=1S/C11H15BrClN3O/c1-6(2)3-8(14)11(17)16-9-4-7(12)5-15-10(9)13/h4-6,8H,3,14H2,1-2H3,(H,16,17)/t8-/m0/s1. The van der Waals surface area contributed by atoms with Gasteiger partial charge in [0.1, 0.15) is 0 Å². The summed E-state index contributed by atoms with van der Waals surface area (Å²) in [5.41, 5.74) is 6.23. The lowest BCUT2D eigenvalue weighted by Crippen LogP contribution is -2.36. The van der Waals surface area contributed by atoms with Gasteiger partial charge in [0.15, 0.2) is 5.15 Å². The smallest absolute Gasteiger partial charge is 0.241 e. The van der Waals surface area contributed by atoms with Crippen molar-refractivity contribution in [1.82, 2.24) is 4.98 Å². The highest BCUT2D eigenvalue weighted by atomic mass is 79.9. The quantitative estimate of drug-likeness (QED) is 0.838. The van der Waals surface area contributed by atoms with Crippen LogP contribution in [-0.4, -0.2) is 16.9 Å². The number of hydrogen-bond donors (Lipinski definition) is 2. The van der Waals surface area contributed by atoms with Gasteiger partial charge in [-0.2, -0.15) is 0 Å². The molecule has 4 nitrogen and oxygen atoms in total. The second-order valence-corrected chi connectivity index (χ2v) is 5.49. The molecule has 0 aliphatic carbocycles. The predicted molar refractivity (Wildman–Crippen MR) is 73.0 cm³/mol. The van der Waals surface area contributed by atoms with Gasteiger partial charge in [-0.05, 0) is 34.3 Å². The zero-order valence-corrected chi connectivity index (χ0v) is 12.0. The van der Waals surface area contributed by atoms with Crippen LogP contribution in [-0.2, 0) is 4.79 Å². The maximum atomic E-state index is 11.8. The SMILES string of the molecule is CC(C)C[C@H](N)C(=O)Nc1cc(Br)cnc1Cl. The first-order chi connectivity index (χ1) is 7.90. The van der Waals surface area contributed by atoms with Crippen LogP contribution in [0.2, 0.25) is 5.15 Å². The molecule has 1 heterocycles. The molecule has 0 bridgehead atoms. The minimum Gasteiger partial charge on any atom is -0.322 e.